The van der Waals surface area contributed by atoms with Crippen molar-refractivity contribution in [3.8, 4) is 0 Å². The summed E-state index contributed by atoms with van der Waals surface area (Å²) in [5.74, 6) is 0.573. The normalized spacial score (nSPS) is 20.9. The third-order valence-electron chi connectivity index (χ3n) is 2.91. The van der Waals surface area contributed by atoms with Crippen LogP contribution in [0.5, 0.6) is 0 Å². The van der Waals surface area contributed by atoms with Crippen molar-refractivity contribution >= 4 is 5.97 Å². The lowest BCUT2D eigenvalue weighted by atomic mass is 10.2. The summed E-state index contributed by atoms with van der Waals surface area (Å²) >= 11 is 0. The molecular weight excluding hydrogens is 236 g/mol. The third-order valence-corrected chi connectivity index (χ3v) is 2.91. The van der Waals surface area contributed by atoms with Crippen molar-refractivity contribution < 1.29 is 18.8 Å². The number of esters is 1. The predicted octanol–water partition coefficient (Wildman–Crippen LogP) is 0.747. The molecule has 100 valence electrons. The van der Waals surface area contributed by atoms with E-state index in [0.29, 0.717) is 19.6 Å². The van der Waals surface area contributed by atoms with Gasteiger partial charge in [0.15, 0.2) is 0 Å². The van der Waals surface area contributed by atoms with Gasteiger partial charge in [0, 0.05) is 25.7 Å². The minimum atomic E-state index is -0.237. The second-order valence-electron chi connectivity index (χ2n) is 4.44. The van der Waals surface area contributed by atoms with Crippen LogP contribution < -0.4 is 0 Å². The number of hydrogen-bond acceptors (Lipinski definition) is 6. The summed E-state index contributed by atoms with van der Waals surface area (Å²) in [5, 5.41) is 3.96. The molecule has 0 bridgehead atoms. The molecule has 0 spiro atoms. The van der Waals surface area contributed by atoms with Gasteiger partial charge in [-0.2, -0.15) is 0 Å². The van der Waals surface area contributed by atoms with E-state index in [-0.39, 0.29) is 12.1 Å². The first kappa shape index (κ1) is 13.0. The lowest BCUT2D eigenvalue weighted by Gasteiger charge is -2.31. The van der Waals surface area contributed by atoms with Crippen LogP contribution >= 0.6 is 0 Å². The van der Waals surface area contributed by atoms with Crippen LogP contribution in [0.2, 0.25) is 0 Å². The zero-order valence-corrected chi connectivity index (χ0v) is 10.7. The van der Waals surface area contributed by atoms with E-state index in [4.69, 9.17) is 9.26 Å². The number of carbonyl (C=O) groups excluding carboxylic acids is 1. The van der Waals surface area contributed by atoms with Gasteiger partial charge in [-0.3, -0.25) is 9.69 Å². The number of morpholine rings is 1. The SMILES string of the molecule is COC(=O)CC1CN(Cc2cc(C)on2)CCO1. The van der Waals surface area contributed by atoms with Crippen molar-refractivity contribution in [2.24, 2.45) is 0 Å². The van der Waals surface area contributed by atoms with E-state index in [9.17, 15) is 4.79 Å². The molecule has 0 aliphatic carbocycles. The number of methoxy groups -OCH3 is 1. The quantitative estimate of drug-likeness (QED) is 0.739. The molecule has 18 heavy (non-hydrogen) atoms. The molecule has 6 nitrogen and oxygen atoms in total. The van der Waals surface area contributed by atoms with Gasteiger partial charge in [-0.15, -0.1) is 0 Å². The summed E-state index contributed by atoms with van der Waals surface area (Å²) in [6.45, 7) is 4.76. The molecule has 1 aliphatic heterocycles. The molecule has 1 aromatic heterocycles. The highest BCUT2D eigenvalue weighted by Gasteiger charge is 2.23. The van der Waals surface area contributed by atoms with Gasteiger partial charge in [-0.05, 0) is 6.92 Å². The average molecular weight is 254 g/mol. The van der Waals surface area contributed by atoms with Crippen molar-refractivity contribution in [3.63, 3.8) is 0 Å². The Bertz CT molecular complexity index is 405. The summed E-state index contributed by atoms with van der Waals surface area (Å²) in [6.07, 6.45) is 0.199. The van der Waals surface area contributed by atoms with Gasteiger partial charge in [-0.1, -0.05) is 5.16 Å². The lowest BCUT2D eigenvalue weighted by Crippen LogP contribution is -2.42. The van der Waals surface area contributed by atoms with Gasteiger partial charge in [0.2, 0.25) is 0 Å². The first-order valence-corrected chi connectivity index (χ1v) is 6.00. The second kappa shape index (κ2) is 5.97. The highest BCUT2D eigenvalue weighted by Crippen LogP contribution is 2.13. The second-order valence-corrected chi connectivity index (χ2v) is 4.44. The highest BCUT2D eigenvalue weighted by atomic mass is 16.5. The van der Waals surface area contributed by atoms with Gasteiger partial charge in [0.05, 0.1) is 31.9 Å². The Balaban J connectivity index is 1.84. The molecule has 1 aliphatic rings. The van der Waals surface area contributed by atoms with Crippen LogP contribution in [0, 0.1) is 6.92 Å². The Morgan fingerprint density at radius 3 is 3.17 bits per heavy atom. The summed E-state index contributed by atoms with van der Waals surface area (Å²) in [5.41, 5.74) is 0.909. The Morgan fingerprint density at radius 1 is 1.67 bits per heavy atom. The largest absolute Gasteiger partial charge is 0.469 e. The molecule has 1 saturated heterocycles. The number of carbonyl (C=O) groups is 1. The van der Waals surface area contributed by atoms with Gasteiger partial charge in [0.1, 0.15) is 5.76 Å². The molecule has 0 saturated carbocycles. The molecule has 1 fully saturated rings. The number of rotatable bonds is 4. The first-order valence-electron chi connectivity index (χ1n) is 6.00. The number of nitrogens with zero attached hydrogens (tertiary/aromatic N) is 2. The zero-order chi connectivity index (χ0) is 13.0. The van der Waals surface area contributed by atoms with Crippen LogP contribution in [-0.2, 0) is 20.8 Å². The fraction of sp³-hybridized carbons (Fsp3) is 0.667. The van der Waals surface area contributed by atoms with E-state index in [1.165, 1.54) is 7.11 Å². The average Bonchev–Trinajstić information content (AvgIpc) is 2.75. The minimum Gasteiger partial charge on any atom is -0.469 e. The molecule has 2 rings (SSSR count). The smallest absolute Gasteiger partial charge is 0.308 e. The van der Waals surface area contributed by atoms with Gasteiger partial charge in [0.25, 0.3) is 0 Å². The maximum absolute atomic E-state index is 11.2. The van der Waals surface area contributed by atoms with Gasteiger partial charge in [-0.25, -0.2) is 0 Å². The van der Waals surface area contributed by atoms with E-state index < -0.39 is 0 Å². The Kier molecular flexibility index (Phi) is 4.33. The van der Waals surface area contributed by atoms with Crippen molar-refractivity contribution in [2.75, 3.05) is 26.8 Å². The molecule has 0 radical (unpaired) electrons. The standard InChI is InChI=1S/C12H18N2O4/c1-9-5-10(13-18-9)7-14-3-4-17-11(8-14)6-12(15)16-2/h5,11H,3-4,6-8H2,1-2H3. The number of aryl methyl sites for hydroxylation is 1. The van der Waals surface area contributed by atoms with E-state index in [2.05, 4.69) is 14.8 Å². The molecule has 2 heterocycles. The van der Waals surface area contributed by atoms with E-state index in [0.717, 1.165) is 24.5 Å². The Morgan fingerprint density at radius 2 is 2.50 bits per heavy atom. The Labute approximate surface area is 106 Å². The van der Waals surface area contributed by atoms with Crippen molar-refractivity contribution in [1.82, 2.24) is 10.1 Å². The van der Waals surface area contributed by atoms with E-state index in [1.807, 2.05) is 13.0 Å². The molecule has 0 amide bonds. The third kappa shape index (κ3) is 3.54. The zero-order valence-electron chi connectivity index (χ0n) is 10.7. The maximum Gasteiger partial charge on any atom is 0.308 e. The highest BCUT2D eigenvalue weighted by molar-refractivity contribution is 5.69. The fourth-order valence-electron chi connectivity index (χ4n) is 2.04. The predicted molar refractivity (Wildman–Crippen MR) is 62.9 cm³/mol. The summed E-state index contributed by atoms with van der Waals surface area (Å²) in [7, 11) is 1.39. The molecule has 1 aromatic rings. The monoisotopic (exact) mass is 254 g/mol. The van der Waals surface area contributed by atoms with Crippen LogP contribution in [0.15, 0.2) is 10.6 Å². The topological polar surface area (TPSA) is 64.8 Å². The molecule has 1 atom stereocenters. The fourth-order valence-corrected chi connectivity index (χ4v) is 2.04. The van der Waals surface area contributed by atoms with Crippen LogP contribution in [0.4, 0.5) is 0 Å². The Hall–Kier alpha value is -1.40. The molecule has 0 aromatic carbocycles. The van der Waals surface area contributed by atoms with Crippen molar-refractivity contribution in [2.45, 2.75) is 26.0 Å². The molecular formula is C12H18N2O4. The first-order chi connectivity index (χ1) is 8.67. The number of aromatic nitrogens is 1. The summed E-state index contributed by atoms with van der Waals surface area (Å²) in [6, 6.07) is 1.92. The lowest BCUT2D eigenvalue weighted by molar-refractivity contribution is -0.145. The van der Waals surface area contributed by atoms with Crippen molar-refractivity contribution in [1.29, 1.82) is 0 Å². The van der Waals surface area contributed by atoms with Crippen LogP contribution in [0.25, 0.3) is 0 Å². The minimum absolute atomic E-state index is 0.0980. The molecule has 1 unspecified atom stereocenters. The number of ether oxygens (including phenoxy) is 2. The van der Waals surface area contributed by atoms with Gasteiger partial charge >= 0.3 is 5.97 Å². The summed E-state index contributed by atoms with van der Waals surface area (Å²) < 4.78 is 15.2. The number of hydrogen-bond donors (Lipinski definition) is 0. The summed E-state index contributed by atoms with van der Waals surface area (Å²) in [4.78, 5) is 13.4. The van der Waals surface area contributed by atoms with Crippen LogP contribution in [0.3, 0.4) is 0 Å². The molecule has 6 heteroatoms. The van der Waals surface area contributed by atoms with Crippen molar-refractivity contribution in [3.05, 3.63) is 17.5 Å². The van der Waals surface area contributed by atoms with Crippen LogP contribution in [-0.4, -0.2) is 48.9 Å². The van der Waals surface area contributed by atoms with E-state index >= 15 is 0 Å². The van der Waals surface area contributed by atoms with Crippen LogP contribution in [0.1, 0.15) is 17.9 Å². The van der Waals surface area contributed by atoms with Gasteiger partial charge < -0.3 is 14.0 Å². The maximum atomic E-state index is 11.2. The van der Waals surface area contributed by atoms with E-state index in [1.54, 1.807) is 0 Å². The molecule has 0 N–H and O–H groups in total.